The van der Waals surface area contributed by atoms with E-state index in [0.717, 1.165) is 26.2 Å². The molecular formula is C13H29N3. The molecule has 0 saturated carbocycles. The van der Waals surface area contributed by atoms with E-state index in [1.807, 2.05) is 0 Å². The zero-order valence-electron chi connectivity index (χ0n) is 11.9. The molecule has 0 radical (unpaired) electrons. The highest BCUT2D eigenvalue weighted by Crippen LogP contribution is 2.25. The Kier molecular flexibility index (Phi) is 4.38. The Morgan fingerprint density at radius 1 is 1.12 bits per heavy atom. The zero-order valence-corrected chi connectivity index (χ0v) is 11.9. The van der Waals surface area contributed by atoms with Crippen molar-refractivity contribution in [3.63, 3.8) is 0 Å². The molecule has 1 fully saturated rings. The SMILES string of the molecule is CN(C)CCN1CC(C)(C)CNCC1(C)C. The van der Waals surface area contributed by atoms with Gasteiger partial charge in [-0.25, -0.2) is 0 Å². The van der Waals surface area contributed by atoms with Crippen molar-refractivity contribution in [1.29, 1.82) is 0 Å². The maximum Gasteiger partial charge on any atom is 0.0278 e. The predicted octanol–water partition coefficient (Wildman–Crippen LogP) is 1.26. The fourth-order valence-electron chi connectivity index (χ4n) is 2.31. The lowest BCUT2D eigenvalue weighted by Crippen LogP contribution is -2.51. The topological polar surface area (TPSA) is 18.5 Å². The van der Waals surface area contributed by atoms with Crippen LogP contribution in [0.25, 0.3) is 0 Å². The second kappa shape index (κ2) is 5.03. The van der Waals surface area contributed by atoms with Gasteiger partial charge in [-0.2, -0.15) is 0 Å². The molecule has 0 amide bonds. The van der Waals surface area contributed by atoms with E-state index in [2.05, 4.69) is 56.9 Å². The standard InChI is InChI=1S/C13H29N3/c1-12(2)9-14-10-13(3,4)16(11-12)8-7-15(5)6/h14H,7-11H2,1-6H3. The van der Waals surface area contributed by atoms with Crippen molar-refractivity contribution in [2.24, 2.45) is 5.41 Å². The quantitative estimate of drug-likeness (QED) is 0.783. The van der Waals surface area contributed by atoms with Gasteiger partial charge in [0, 0.05) is 38.3 Å². The zero-order chi connectivity index (χ0) is 12.4. The summed E-state index contributed by atoms with van der Waals surface area (Å²) in [7, 11) is 4.29. The fourth-order valence-corrected chi connectivity index (χ4v) is 2.31. The van der Waals surface area contributed by atoms with Crippen molar-refractivity contribution in [3.05, 3.63) is 0 Å². The first-order valence-electron chi connectivity index (χ1n) is 6.33. The van der Waals surface area contributed by atoms with Crippen LogP contribution in [0.3, 0.4) is 0 Å². The molecule has 1 heterocycles. The molecule has 96 valence electrons. The average Bonchev–Trinajstić information content (AvgIpc) is 2.19. The van der Waals surface area contributed by atoms with E-state index in [4.69, 9.17) is 0 Å². The van der Waals surface area contributed by atoms with Gasteiger partial charge >= 0.3 is 0 Å². The molecule has 1 N–H and O–H groups in total. The Bertz CT molecular complexity index is 221. The van der Waals surface area contributed by atoms with E-state index in [-0.39, 0.29) is 5.54 Å². The summed E-state index contributed by atoms with van der Waals surface area (Å²) in [6.45, 7) is 15.1. The van der Waals surface area contributed by atoms with Crippen LogP contribution in [0.1, 0.15) is 27.7 Å². The molecule has 0 aromatic heterocycles. The molecule has 3 heteroatoms. The van der Waals surface area contributed by atoms with E-state index in [0.29, 0.717) is 5.41 Å². The number of hydrogen-bond acceptors (Lipinski definition) is 3. The minimum absolute atomic E-state index is 0.268. The second-order valence-electron chi connectivity index (χ2n) is 6.81. The van der Waals surface area contributed by atoms with Crippen LogP contribution in [0.4, 0.5) is 0 Å². The molecule has 1 saturated heterocycles. The van der Waals surface area contributed by atoms with Gasteiger partial charge in [0.05, 0.1) is 0 Å². The number of rotatable bonds is 3. The van der Waals surface area contributed by atoms with Crippen LogP contribution in [-0.4, -0.2) is 62.2 Å². The van der Waals surface area contributed by atoms with Gasteiger partial charge in [0.2, 0.25) is 0 Å². The molecule has 3 nitrogen and oxygen atoms in total. The van der Waals surface area contributed by atoms with Gasteiger partial charge < -0.3 is 10.2 Å². The lowest BCUT2D eigenvalue weighted by atomic mass is 9.92. The van der Waals surface area contributed by atoms with Gasteiger partial charge in [-0.3, -0.25) is 4.90 Å². The Morgan fingerprint density at radius 3 is 2.31 bits per heavy atom. The highest BCUT2D eigenvalue weighted by molar-refractivity contribution is 4.92. The van der Waals surface area contributed by atoms with E-state index in [9.17, 15) is 0 Å². The molecule has 0 bridgehead atoms. The van der Waals surface area contributed by atoms with Gasteiger partial charge in [-0.15, -0.1) is 0 Å². The molecule has 0 atom stereocenters. The second-order valence-corrected chi connectivity index (χ2v) is 6.81. The Balaban J connectivity index is 2.66. The molecule has 1 aliphatic rings. The number of likely N-dealkylation sites (N-methyl/N-ethyl adjacent to an activating group) is 1. The maximum atomic E-state index is 3.59. The smallest absolute Gasteiger partial charge is 0.0278 e. The fraction of sp³-hybridized carbons (Fsp3) is 1.00. The molecule has 1 rings (SSSR count). The highest BCUT2D eigenvalue weighted by atomic mass is 15.3. The van der Waals surface area contributed by atoms with Crippen molar-refractivity contribution >= 4 is 0 Å². The third kappa shape index (κ3) is 4.04. The van der Waals surface area contributed by atoms with Crippen molar-refractivity contribution in [3.8, 4) is 0 Å². The van der Waals surface area contributed by atoms with Gasteiger partial charge in [-0.1, -0.05) is 13.8 Å². The van der Waals surface area contributed by atoms with Gasteiger partial charge in [-0.05, 0) is 33.4 Å². The first-order valence-corrected chi connectivity index (χ1v) is 6.33. The minimum Gasteiger partial charge on any atom is -0.314 e. The summed E-state index contributed by atoms with van der Waals surface area (Å²) in [6, 6.07) is 0. The molecule has 0 aromatic rings. The minimum atomic E-state index is 0.268. The van der Waals surface area contributed by atoms with Crippen molar-refractivity contribution in [2.45, 2.75) is 33.2 Å². The van der Waals surface area contributed by atoms with Crippen LogP contribution < -0.4 is 5.32 Å². The summed E-state index contributed by atoms with van der Waals surface area (Å²) in [6.07, 6.45) is 0. The first kappa shape index (κ1) is 13.9. The summed E-state index contributed by atoms with van der Waals surface area (Å²) in [5.74, 6) is 0. The van der Waals surface area contributed by atoms with Crippen LogP contribution in [0, 0.1) is 5.41 Å². The summed E-state index contributed by atoms with van der Waals surface area (Å²) in [5, 5.41) is 3.59. The molecule has 0 aliphatic carbocycles. The van der Waals surface area contributed by atoms with Crippen molar-refractivity contribution in [1.82, 2.24) is 15.1 Å². The van der Waals surface area contributed by atoms with Crippen LogP contribution in [0.15, 0.2) is 0 Å². The summed E-state index contributed by atoms with van der Waals surface area (Å²) < 4.78 is 0. The van der Waals surface area contributed by atoms with E-state index < -0.39 is 0 Å². The Hall–Kier alpha value is -0.120. The average molecular weight is 227 g/mol. The van der Waals surface area contributed by atoms with Crippen LogP contribution in [-0.2, 0) is 0 Å². The van der Waals surface area contributed by atoms with E-state index in [1.54, 1.807) is 0 Å². The normalized spacial score (nSPS) is 25.7. The maximum absolute atomic E-state index is 3.59. The van der Waals surface area contributed by atoms with Crippen LogP contribution in [0.5, 0.6) is 0 Å². The molecular weight excluding hydrogens is 198 g/mol. The van der Waals surface area contributed by atoms with E-state index >= 15 is 0 Å². The van der Waals surface area contributed by atoms with Crippen LogP contribution >= 0.6 is 0 Å². The van der Waals surface area contributed by atoms with Gasteiger partial charge in [0.1, 0.15) is 0 Å². The Labute approximate surface area is 101 Å². The first-order chi connectivity index (χ1) is 7.23. The third-order valence-corrected chi connectivity index (χ3v) is 3.45. The van der Waals surface area contributed by atoms with Crippen LogP contribution in [0.2, 0.25) is 0 Å². The number of hydrogen-bond donors (Lipinski definition) is 1. The summed E-state index contributed by atoms with van der Waals surface area (Å²) in [5.41, 5.74) is 0.643. The summed E-state index contributed by atoms with van der Waals surface area (Å²) >= 11 is 0. The van der Waals surface area contributed by atoms with Crippen molar-refractivity contribution in [2.75, 3.05) is 46.8 Å². The molecule has 16 heavy (non-hydrogen) atoms. The van der Waals surface area contributed by atoms with Crippen molar-refractivity contribution < 1.29 is 0 Å². The number of nitrogens with one attached hydrogen (secondary N) is 1. The molecule has 1 aliphatic heterocycles. The highest BCUT2D eigenvalue weighted by Gasteiger charge is 2.34. The lowest BCUT2D eigenvalue weighted by molar-refractivity contribution is 0.0919. The largest absolute Gasteiger partial charge is 0.314 e. The molecule has 0 spiro atoms. The number of nitrogens with zero attached hydrogens (tertiary/aromatic N) is 2. The van der Waals surface area contributed by atoms with Gasteiger partial charge in [0.15, 0.2) is 0 Å². The monoisotopic (exact) mass is 227 g/mol. The summed E-state index contributed by atoms with van der Waals surface area (Å²) in [4.78, 5) is 4.90. The predicted molar refractivity (Wildman–Crippen MR) is 70.9 cm³/mol. The van der Waals surface area contributed by atoms with E-state index in [1.165, 1.54) is 6.54 Å². The third-order valence-electron chi connectivity index (χ3n) is 3.45. The molecule has 0 aromatic carbocycles. The lowest BCUT2D eigenvalue weighted by Gasteiger charge is -2.40. The Morgan fingerprint density at radius 2 is 1.75 bits per heavy atom. The molecule has 0 unspecified atom stereocenters. The van der Waals surface area contributed by atoms with Gasteiger partial charge in [0.25, 0.3) is 0 Å².